The number of nitrogens with zero attached hydrogens (tertiary/aromatic N) is 6. The fraction of sp³-hybridized carbons (Fsp3) is 0.333. The van der Waals surface area contributed by atoms with E-state index in [0.717, 1.165) is 30.4 Å². The first-order chi connectivity index (χ1) is 19.4. The summed E-state index contributed by atoms with van der Waals surface area (Å²) in [4.78, 5) is 26.5. The Morgan fingerprint density at radius 2 is 1.93 bits per heavy atom. The van der Waals surface area contributed by atoms with Crippen LogP contribution in [0.5, 0.6) is 5.75 Å². The molecule has 204 valence electrons. The van der Waals surface area contributed by atoms with Gasteiger partial charge in [-0.2, -0.15) is 9.49 Å². The Morgan fingerprint density at radius 1 is 1.12 bits per heavy atom. The topological polar surface area (TPSA) is 98.3 Å². The van der Waals surface area contributed by atoms with E-state index < -0.39 is 0 Å². The molecule has 3 atom stereocenters. The summed E-state index contributed by atoms with van der Waals surface area (Å²) in [5.74, 6) is 1.11. The fourth-order valence-corrected chi connectivity index (χ4v) is 6.05. The van der Waals surface area contributed by atoms with E-state index in [4.69, 9.17) is 10.1 Å². The van der Waals surface area contributed by atoms with Gasteiger partial charge in [0.25, 0.3) is 5.91 Å². The van der Waals surface area contributed by atoms with E-state index in [1.165, 1.54) is 0 Å². The van der Waals surface area contributed by atoms with Crippen molar-refractivity contribution in [1.82, 2.24) is 14.7 Å². The molecular weight excluding hydrogens is 509 g/mol. The minimum atomic E-state index is -0.340. The van der Waals surface area contributed by atoms with Crippen molar-refractivity contribution in [2.24, 2.45) is 15.9 Å². The van der Waals surface area contributed by atoms with Gasteiger partial charge >= 0.3 is 0 Å². The fourth-order valence-electron chi connectivity index (χ4n) is 6.05. The van der Waals surface area contributed by atoms with Gasteiger partial charge in [-0.25, -0.2) is 14.7 Å². The third-order valence-corrected chi connectivity index (χ3v) is 8.29. The number of nitrogens with one attached hydrogen (secondary N) is 1. The lowest BCUT2D eigenvalue weighted by atomic mass is 10.0. The number of benzene rings is 2. The van der Waals surface area contributed by atoms with Crippen molar-refractivity contribution in [2.75, 3.05) is 17.3 Å². The van der Waals surface area contributed by atoms with E-state index in [1.54, 1.807) is 34.8 Å². The Kier molecular flexibility index (Phi) is 5.72. The van der Waals surface area contributed by atoms with Crippen molar-refractivity contribution in [1.29, 1.82) is 0 Å². The van der Waals surface area contributed by atoms with Crippen LogP contribution in [0.3, 0.4) is 0 Å². The highest BCUT2D eigenvalue weighted by Gasteiger charge is 2.49. The Labute approximate surface area is 231 Å². The number of para-hydroxylation sites is 2. The highest BCUT2D eigenvalue weighted by atomic mass is 19.1. The monoisotopic (exact) mass is 539 g/mol. The molecule has 1 aromatic heterocycles. The number of phenols is 1. The average Bonchev–Trinajstić information content (AvgIpc) is 3.64. The van der Waals surface area contributed by atoms with E-state index in [1.807, 2.05) is 43.3 Å². The van der Waals surface area contributed by atoms with Crippen molar-refractivity contribution in [3.05, 3.63) is 71.3 Å². The number of carbonyl (C=O) groups is 1. The van der Waals surface area contributed by atoms with Gasteiger partial charge in [-0.1, -0.05) is 49.4 Å². The lowest BCUT2D eigenvalue weighted by Crippen LogP contribution is -2.51. The number of hydrogen-bond acceptors (Lipinski definition) is 7. The summed E-state index contributed by atoms with van der Waals surface area (Å²) < 4.78 is 15.9. The Bertz CT molecular complexity index is 1610. The van der Waals surface area contributed by atoms with E-state index in [0.29, 0.717) is 47.5 Å². The summed E-state index contributed by atoms with van der Waals surface area (Å²) in [6, 6.07) is 15.1. The van der Waals surface area contributed by atoms with E-state index in [2.05, 4.69) is 15.2 Å². The summed E-state index contributed by atoms with van der Waals surface area (Å²) in [6.07, 6.45) is 5.68. The van der Waals surface area contributed by atoms with Gasteiger partial charge in [0.05, 0.1) is 30.0 Å². The standard InChI is InChI=1S/C30H30FN7O2/c1-17-10-15-20(32-26(17)31)19-13-11-18(12-14-19)16-37-27(33-22-6-3-4-9-24(22)39)25-28(35-37)38-23-8-5-7-21(23)34-30(38)36(2)29(25)40/h3-4,6,9,11-15,17,21,23,33,39H,5,7-8,10,16H2,1-2H3/t17?,21-,23+/m1/s1. The first kappa shape index (κ1) is 24.6. The molecule has 9 nitrogen and oxygen atoms in total. The molecule has 1 aliphatic carbocycles. The van der Waals surface area contributed by atoms with Crippen LogP contribution >= 0.6 is 0 Å². The lowest BCUT2D eigenvalue weighted by Gasteiger charge is -2.34. The number of aliphatic imine (C=N–C) groups is 2. The molecule has 1 fully saturated rings. The van der Waals surface area contributed by atoms with Gasteiger partial charge in [-0.15, -0.1) is 0 Å². The highest BCUT2D eigenvalue weighted by Crippen LogP contribution is 2.43. The van der Waals surface area contributed by atoms with Crippen LogP contribution in [-0.4, -0.2) is 56.8 Å². The van der Waals surface area contributed by atoms with Crippen molar-refractivity contribution < 1.29 is 14.3 Å². The summed E-state index contributed by atoms with van der Waals surface area (Å²) in [6.45, 7) is 2.20. The molecule has 1 saturated carbocycles. The number of halogens is 1. The molecule has 7 rings (SSSR count). The van der Waals surface area contributed by atoms with E-state index in [-0.39, 0.29) is 35.6 Å². The summed E-state index contributed by atoms with van der Waals surface area (Å²) >= 11 is 0. The number of allylic oxidation sites excluding steroid dienone is 1. The molecule has 1 unspecified atom stereocenters. The number of anilines is 3. The Balaban J connectivity index is 1.28. The number of rotatable bonds is 5. The zero-order valence-electron chi connectivity index (χ0n) is 22.4. The lowest BCUT2D eigenvalue weighted by molar-refractivity contribution is 0.0866. The minimum absolute atomic E-state index is 0.0760. The van der Waals surface area contributed by atoms with Gasteiger partial charge in [0.2, 0.25) is 5.96 Å². The predicted molar refractivity (Wildman–Crippen MR) is 153 cm³/mol. The molecule has 0 bridgehead atoms. The molecule has 2 aromatic carbocycles. The molecule has 0 radical (unpaired) electrons. The van der Waals surface area contributed by atoms with Crippen LogP contribution < -0.4 is 10.2 Å². The number of fused-ring (bicyclic) bond motifs is 5. The quantitative estimate of drug-likeness (QED) is 0.428. The van der Waals surface area contributed by atoms with Gasteiger partial charge in [0.1, 0.15) is 17.1 Å². The SMILES string of the molecule is CC1CC=C(c2ccc(Cn3nc4c(c3Nc3ccccc3O)C(=O)N(C)C3=N[C@@H]5CCC[C@@H]5N34)cc2)N=C1F. The van der Waals surface area contributed by atoms with Crippen LogP contribution in [0.25, 0.3) is 5.70 Å². The number of aromatic hydroxyl groups is 1. The number of hydrogen-bond donors (Lipinski definition) is 2. The van der Waals surface area contributed by atoms with Crippen molar-refractivity contribution in [2.45, 2.75) is 51.2 Å². The third-order valence-electron chi connectivity index (χ3n) is 8.29. The molecular formula is C30H30FN7O2. The van der Waals surface area contributed by atoms with Crippen LogP contribution in [0, 0.1) is 5.92 Å². The molecule has 4 heterocycles. The molecule has 2 N–H and O–H groups in total. The van der Waals surface area contributed by atoms with Gasteiger partial charge in [-0.05, 0) is 48.9 Å². The van der Waals surface area contributed by atoms with Crippen LogP contribution in [-0.2, 0) is 6.54 Å². The second-order valence-electron chi connectivity index (χ2n) is 10.9. The molecule has 0 saturated heterocycles. The maximum Gasteiger partial charge on any atom is 0.267 e. The first-order valence-corrected chi connectivity index (χ1v) is 13.7. The number of phenolic OH excluding ortho intramolecular Hbond substituents is 1. The van der Waals surface area contributed by atoms with Crippen molar-refractivity contribution in [3.8, 4) is 5.75 Å². The zero-order chi connectivity index (χ0) is 27.5. The molecule has 40 heavy (non-hydrogen) atoms. The van der Waals surface area contributed by atoms with Gasteiger partial charge in [0.15, 0.2) is 11.8 Å². The molecule has 0 spiro atoms. The third kappa shape index (κ3) is 3.89. The smallest absolute Gasteiger partial charge is 0.267 e. The highest BCUT2D eigenvalue weighted by molar-refractivity contribution is 6.21. The second kappa shape index (κ2) is 9.32. The molecule has 4 aliphatic rings. The first-order valence-electron chi connectivity index (χ1n) is 13.7. The minimum Gasteiger partial charge on any atom is -0.506 e. The largest absolute Gasteiger partial charge is 0.506 e. The average molecular weight is 540 g/mol. The Morgan fingerprint density at radius 3 is 2.70 bits per heavy atom. The van der Waals surface area contributed by atoms with Crippen LogP contribution in [0.15, 0.2) is 64.6 Å². The normalized spacial score (nSPS) is 23.3. The predicted octanol–water partition coefficient (Wildman–Crippen LogP) is 5.31. The van der Waals surface area contributed by atoms with Gasteiger partial charge in [0, 0.05) is 13.0 Å². The summed E-state index contributed by atoms with van der Waals surface area (Å²) in [5.41, 5.74) is 3.38. The van der Waals surface area contributed by atoms with E-state index >= 15 is 0 Å². The summed E-state index contributed by atoms with van der Waals surface area (Å²) in [5, 5.41) is 18.8. The molecule has 1 amide bonds. The number of carbonyl (C=O) groups excluding carboxylic acids is 1. The Hall–Kier alpha value is -4.47. The molecule has 3 aromatic rings. The number of aromatic nitrogens is 2. The number of guanidine groups is 1. The van der Waals surface area contributed by atoms with Crippen LogP contribution in [0.2, 0.25) is 0 Å². The molecule has 3 aliphatic heterocycles. The maximum absolute atomic E-state index is 14.1. The van der Waals surface area contributed by atoms with Gasteiger partial charge in [-0.3, -0.25) is 14.6 Å². The number of amides is 1. The van der Waals surface area contributed by atoms with Gasteiger partial charge < -0.3 is 10.4 Å². The van der Waals surface area contributed by atoms with Crippen LogP contribution in [0.4, 0.5) is 21.7 Å². The molecule has 10 heteroatoms. The van der Waals surface area contributed by atoms with Crippen molar-refractivity contribution in [3.63, 3.8) is 0 Å². The summed E-state index contributed by atoms with van der Waals surface area (Å²) in [7, 11) is 1.75. The van der Waals surface area contributed by atoms with Crippen LogP contribution in [0.1, 0.15) is 54.1 Å². The van der Waals surface area contributed by atoms with Crippen molar-refractivity contribution >= 4 is 40.9 Å². The maximum atomic E-state index is 14.1. The second-order valence-corrected chi connectivity index (χ2v) is 10.9. The van der Waals surface area contributed by atoms with E-state index in [9.17, 15) is 14.3 Å². The zero-order valence-corrected chi connectivity index (χ0v) is 22.4.